The van der Waals surface area contributed by atoms with Crippen LogP contribution >= 0.6 is 22.6 Å². The third-order valence-corrected chi connectivity index (χ3v) is 6.27. The van der Waals surface area contributed by atoms with Crippen molar-refractivity contribution in [3.05, 3.63) is 0 Å². The average Bonchev–Trinajstić information content (AvgIpc) is 2.72. The zero-order chi connectivity index (χ0) is 17.0. The Morgan fingerprint density at radius 1 is 1.45 bits per heavy atom. The molecule has 1 saturated heterocycles. The zero-order valence-electron chi connectivity index (χ0n) is 13.7. The summed E-state index contributed by atoms with van der Waals surface area (Å²) < 4.78 is 21.5. The second-order valence-electron chi connectivity index (χ2n) is 6.04. The zero-order valence-corrected chi connectivity index (χ0v) is 18.0. The maximum absolute atomic E-state index is 11.9. The van der Waals surface area contributed by atoms with Crippen molar-refractivity contribution in [2.24, 2.45) is 5.73 Å². The van der Waals surface area contributed by atoms with E-state index in [9.17, 15) is 4.79 Å². The van der Waals surface area contributed by atoms with E-state index in [4.69, 9.17) is 24.7 Å². The predicted octanol–water partition coefficient (Wildman–Crippen LogP) is -1.37. The van der Waals surface area contributed by atoms with Gasteiger partial charge in [0.25, 0.3) is 0 Å². The van der Waals surface area contributed by atoms with Gasteiger partial charge in [-0.3, -0.25) is 0 Å². The van der Waals surface area contributed by atoms with E-state index in [2.05, 4.69) is 22.6 Å². The average molecular weight is 542 g/mol. The van der Waals surface area contributed by atoms with Gasteiger partial charge in [0.15, 0.2) is 0 Å². The maximum atomic E-state index is 11.9. The molecule has 0 aliphatic carbocycles. The summed E-state index contributed by atoms with van der Waals surface area (Å²) in [4.78, 5) is 11.9. The van der Waals surface area contributed by atoms with Gasteiger partial charge in [0.05, 0.1) is 0 Å². The summed E-state index contributed by atoms with van der Waals surface area (Å²) >= 11 is 1.76. The van der Waals surface area contributed by atoms with Gasteiger partial charge in [0, 0.05) is 0 Å². The molecule has 3 unspecified atom stereocenters. The van der Waals surface area contributed by atoms with Gasteiger partial charge in [-0.25, -0.2) is 0 Å². The number of ether oxygens (including phenoxy) is 4. The number of carbonyl (C=O) groups excluding carboxylic acids is 1. The summed E-state index contributed by atoms with van der Waals surface area (Å²) in [5.41, 5.74) is 5.70. The first kappa shape index (κ1) is 20.8. The molecule has 1 heterocycles. The number of nitrogens with two attached hydrogens (primary N) is 1. The van der Waals surface area contributed by atoms with Crippen LogP contribution in [0.1, 0.15) is 34.1 Å². The van der Waals surface area contributed by atoms with E-state index in [1.54, 1.807) is 0 Å². The Morgan fingerprint density at radius 3 is 2.64 bits per heavy atom. The Balaban J connectivity index is 2.43. The molecule has 22 heavy (non-hydrogen) atoms. The molecule has 3 atom stereocenters. The van der Waals surface area contributed by atoms with E-state index in [1.165, 1.54) is 7.11 Å². The van der Waals surface area contributed by atoms with Crippen LogP contribution in [0.4, 0.5) is 0 Å². The van der Waals surface area contributed by atoms with Crippen molar-refractivity contribution in [1.29, 1.82) is 0 Å². The number of hydrogen-bond donors (Lipinski definition) is 1. The molecule has 8 heteroatoms. The summed E-state index contributed by atoms with van der Waals surface area (Å²) in [5.74, 6) is -0.425. The standard InChI is InChI=1S/C14H26I2NO5/c1-13(2,15)21-9-6-11(20-7-9)16-14(3,4)22-12(18)10(17)8-19-5/h9-11H,6-8,17H2,1-5H3/q-1. The Labute approximate surface area is 156 Å². The first-order valence-corrected chi connectivity index (χ1v) is 10.5. The topological polar surface area (TPSA) is 80.0 Å². The van der Waals surface area contributed by atoms with E-state index >= 15 is 0 Å². The molecule has 0 spiro atoms. The van der Waals surface area contributed by atoms with Crippen LogP contribution in [0.25, 0.3) is 0 Å². The monoisotopic (exact) mass is 542 g/mol. The molecule has 2 N–H and O–H groups in total. The summed E-state index contributed by atoms with van der Waals surface area (Å²) in [6.07, 6.45) is 0.962. The molecule has 6 nitrogen and oxygen atoms in total. The Bertz CT molecular complexity index is 373. The first-order chi connectivity index (χ1) is 10.0. The molecular weight excluding hydrogens is 516 g/mol. The minimum absolute atomic E-state index is 0.110. The third kappa shape index (κ3) is 8.04. The van der Waals surface area contributed by atoms with Gasteiger partial charge < -0.3 is 0 Å². The second kappa shape index (κ2) is 8.75. The van der Waals surface area contributed by atoms with Gasteiger partial charge in [-0.05, 0) is 0 Å². The van der Waals surface area contributed by atoms with Crippen LogP contribution in [0.3, 0.4) is 0 Å². The van der Waals surface area contributed by atoms with Crippen molar-refractivity contribution in [2.45, 2.75) is 57.6 Å². The van der Waals surface area contributed by atoms with Crippen LogP contribution in [0.15, 0.2) is 0 Å². The minimum atomic E-state index is -0.742. The van der Waals surface area contributed by atoms with Crippen LogP contribution in [0, 0.1) is 0 Å². The molecule has 0 bridgehead atoms. The van der Waals surface area contributed by atoms with Gasteiger partial charge in [-0.1, -0.05) is 0 Å². The van der Waals surface area contributed by atoms with Crippen LogP contribution in [0.2, 0.25) is 0 Å². The molecular formula is C14H26I2NO5-. The fourth-order valence-corrected chi connectivity index (χ4v) is 5.57. The van der Waals surface area contributed by atoms with Crippen molar-refractivity contribution < 1.29 is 44.9 Å². The Kier molecular flexibility index (Phi) is 8.27. The molecule has 0 aromatic rings. The first-order valence-electron chi connectivity index (χ1n) is 7.12. The fourth-order valence-electron chi connectivity index (χ4n) is 1.99. The van der Waals surface area contributed by atoms with Crippen molar-refractivity contribution in [3.8, 4) is 0 Å². The molecule has 0 aromatic carbocycles. The number of methoxy groups -OCH3 is 1. The van der Waals surface area contributed by atoms with Gasteiger partial charge in [-0.15, -0.1) is 0 Å². The third-order valence-electron chi connectivity index (χ3n) is 2.73. The number of halogens is 2. The number of rotatable bonds is 8. The molecule has 132 valence electrons. The second-order valence-corrected chi connectivity index (χ2v) is 13.2. The van der Waals surface area contributed by atoms with E-state index in [-0.39, 0.29) is 20.4 Å². The van der Waals surface area contributed by atoms with Gasteiger partial charge in [0.2, 0.25) is 0 Å². The van der Waals surface area contributed by atoms with Crippen molar-refractivity contribution >= 4 is 28.6 Å². The van der Waals surface area contributed by atoms with Crippen molar-refractivity contribution in [3.63, 3.8) is 0 Å². The SMILES string of the molecule is COCC(N)C(=O)OC(C)(C)[I-]C1CC(OC(C)(C)I)CO1. The molecule has 1 aliphatic rings. The summed E-state index contributed by atoms with van der Waals surface area (Å²) in [6.45, 7) is 8.64. The quantitative estimate of drug-likeness (QED) is 0.232. The molecule has 1 aliphatic heterocycles. The molecule has 0 amide bonds. The van der Waals surface area contributed by atoms with Gasteiger partial charge >= 0.3 is 157 Å². The van der Waals surface area contributed by atoms with Gasteiger partial charge in [0.1, 0.15) is 0 Å². The Hall–Kier alpha value is 0.770. The summed E-state index contributed by atoms with van der Waals surface area (Å²) in [5, 5.41) is 0. The normalized spacial score (nSPS) is 24.5. The number of esters is 1. The van der Waals surface area contributed by atoms with Crippen LogP contribution < -0.4 is 26.9 Å². The van der Waals surface area contributed by atoms with Crippen LogP contribution in [-0.2, 0) is 23.7 Å². The van der Waals surface area contributed by atoms with E-state index in [0.29, 0.717) is 6.61 Å². The molecule has 0 radical (unpaired) electrons. The summed E-state index contributed by atoms with van der Waals surface area (Å²) in [7, 11) is 1.51. The number of hydrogen-bond acceptors (Lipinski definition) is 6. The Morgan fingerprint density at radius 2 is 2.09 bits per heavy atom. The van der Waals surface area contributed by atoms with Crippen LogP contribution in [0.5, 0.6) is 0 Å². The summed E-state index contributed by atoms with van der Waals surface area (Å²) in [6, 6.07) is -0.742. The van der Waals surface area contributed by atoms with Crippen molar-refractivity contribution in [1.82, 2.24) is 0 Å². The van der Waals surface area contributed by atoms with Crippen molar-refractivity contribution in [2.75, 3.05) is 20.3 Å². The van der Waals surface area contributed by atoms with Crippen LogP contribution in [-0.4, -0.2) is 49.8 Å². The number of alkyl halides is 3. The molecule has 1 fully saturated rings. The number of carbonyl (C=O) groups is 1. The van der Waals surface area contributed by atoms with E-state index in [1.807, 2.05) is 27.7 Å². The van der Waals surface area contributed by atoms with Gasteiger partial charge in [-0.2, -0.15) is 0 Å². The molecule has 0 saturated carbocycles. The van der Waals surface area contributed by atoms with E-state index in [0.717, 1.165) is 6.42 Å². The predicted molar refractivity (Wildman–Crippen MR) is 87.4 cm³/mol. The van der Waals surface area contributed by atoms with E-state index < -0.39 is 36.8 Å². The molecule has 0 aromatic heterocycles. The fraction of sp³-hybridized carbons (Fsp3) is 0.929. The molecule has 1 rings (SSSR count).